The fourth-order valence-electron chi connectivity index (χ4n) is 7.07. The average Bonchev–Trinajstić information content (AvgIpc) is 3.32. The van der Waals surface area contributed by atoms with Gasteiger partial charge in [0.05, 0.1) is 6.54 Å². The van der Waals surface area contributed by atoms with Gasteiger partial charge in [-0.25, -0.2) is 0 Å². The molecular weight excluding hydrogens is 470 g/mol. The summed E-state index contributed by atoms with van der Waals surface area (Å²) in [6.07, 6.45) is 8.19. The predicted octanol–water partition coefficient (Wildman–Crippen LogP) is 2.51. The summed E-state index contributed by atoms with van der Waals surface area (Å²) in [5.74, 6) is 0.113. The number of ketones is 1. The van der Waals surface area contributed by atoms with Crippen molar-refractivity contribution < 1.29 is 23.9 Å². The molecule has 2 aliphatic carbocycles. The number of hydrogen-bond donors (Lipinski definition) is 1. The fourth-order valence-corrected chi connectivity index (χ4v) is 7.07. The quantitative estimate of drug-likeness (QED) is 0.608. The molecule has 5 fully saturated rings. The van der Waals surface area contributed by atoms with E-state index in [1.54, 1.807) is 12.0 Å². The van der Waals surface area contributed by atoms with Crippen LogP contribution in [0, 0.1) is 5.92 Å². The van der Waals surface area contributed by atoms with Crippen molar-refractivity contribution in [3.8, 4) is 0 Å². The van der Waals surface area contributed by atoms with Crippen molar-refractivity contribution in [1.29, 1.82) is 0 Å². The molecule has 0 spiro atoms. The van der Waals surface area contributed by atoms with Gasteiger partial charge in [0.25, 0.3) is 5.91 Å². The monoisotopic (exact) mass is 509 g/mol. The van der Waals surface area contributed by atoms with Crippen LogP contribution in [-0.2, 0) is 19.1 Å². The Hall–Kier alpha value is -2.29. The van der Waals surface area contributed by atoms with Crippen LogP contribution in [0.25, 0.3) is 0 Å². The number of piperidine rings is 1. The standard InChI is InChI=1S/C29H39N3O5/c1-36-24-16-32(26-23(33)17-37-27(24)26)29(35)25(20-4-2-3-5-20)30-28(34)21-8-6-18(7-9-21)19-12-14-31(15-13-19)22-10-11-22/h6-9,19-20,22,24-27H,2-5,10-17H2,1H3,(H,30,34)/t24-,25-,26+,27+/m0/s1. The van der Waals surface area contributed by atoms with Gasteiger partial charge in [-0.1, -0.05) is 25.0 Å². The second-order valence-electron chi connectivity index (χ2n) is 11.6. The number of likely N-dealkylation sites (tertiary alicyclic amines) is 2. The van der Waals surface area contributed by atoms with E-state index >= 15 is 0 Å². The third-order valence-electron chi connectivity index (χ3n) is 9.38. The van der Waals surface area contributed by atoms with Crippen molar-refractivity contribution in [2.75, 3.05) is 33.4 Å². The van der Waals surface area contributed by atoms with Crippen molar-refractivity contribution in [2.45, 2.75) is 87.6 Å². The fraction of sp³-hybridized carbons (Fsp3) is 0.690. The lowest BCUT2D eigenvalue weighted by molar-refractivity contribution is -0.139. The van der Waals surface area contributed by atoms with Crippen molar-refractivity contribution in [2.24, 2.45) is 5.92 Å². The zero-order valence-corrected chi connectivity index (χ0v) is 21.8. The summed E-state index contributed by atoms with van der Waals surface area (Å²) in [4.78, 5) is 44.0. The molecule has 0 aromatic heterocycles. The molecule has 0 unspecified atom stereocenters. The van der Waals surface area contributed by atoms with E-state index in [9.17, 15) is 14.4 Å². The summed E-state index contributed by atoms with van der Waals surface area (Å²) in [5.41, 5.74) is 1.87. The molecule has 3 saturated heterocycles. The maximum atomic E-state index is 13.8. The van der Waals surface area contributed by atoms with Crippen LogP contribution in [0.15, 0.2) is 24.3 Å². The van der Waals surface area contributed by atoms with Crippen LogP contribution in [0.3, 0.4) is 0 Å². The van der Waals surface area contributed by atoms with E-state index in [0.717, 1.165) is 31.7 Å². The molecule has 2 saturated carbocycles. The van der Waals surface area contributed by atoms with E-state index in [4.69, 9.17) is 9.47 Å². The third kappa shape index (κ3) is 4.95. The second kappa shape index (κ2) is 10.5. The Morgan fingerprint density at radius 2 is 1.73 bits per heavy atom. The smallest absolute Gasteiger partial charge is 0.251 e. The van der Waals surface area contributed by atoms with Gasteiger partial charge in [0, 0.05) is 18.7 Å². The van der Waals surface area contributed by atoms with E-state index in [1.807, 2.05) is 12.1 Å². The first kappa shape index (κ1) is 25.0. The molecule has 3 aliphatic heterocycles. The van der Waals surface area contributed by atoms with Crippen molar-refractivity contribution in [1.82, 2.24) is 15.1 Å². The number of methoxy groups -OCH3 is 1. The van der Waals surface area contributed by atoms with E-state index < -0.39 is 18.2 Å². The Morgan fingerprint density at radius 3 is 2.38 bits per heavy atom. The molecule has 0 bridgehead atoms. The maximum Gasteiger partial charge on any atom is 0.251 e. The molecule has 6 rings (SSSR count). The number of benzene rings is 1. The maximum absolute atomic E-state index is 13.8. The molecule has 1 aromatic rings. The van der Waals surface area contributed by atoms with Crippen LogP contribution < -0.4 is 5.32 Å². The van der Waals surface area contributed by atoms with Crippen molar-refractivity contribution >= 4 is 17.6 Å². The summed E-state index contributed by atoms with van der Waals surface area (Å²) < 4.78 is 11.2. The van der Waals surface area contributed by atoms with Crippen LogP contribution in [-0.4, -0.2) is 91.1 Å². The van der Waals surface area contributed by atoms with Gasteiger partial charge in [-0.05, 0) is 81.1 Å². The number of hydrogen-bond acceptors (Lipinski definition) is 6. The molecule has 0 radical (unpaired) electrons. The summed E-state index contributed by atoms with van der Waals surface area (Å²) >= 11 is 0. The first-order valence-corrected chi connectivity index (χ1v) is 14.2. The zero-order valence-electron chi connectivity index (χ0n) is 21.8. The molecule has 3 heterocycles. The summed E-state index contributed by atoms with van der Waals surface area (Å²) in [5, 5.41) is 3.07. The Labute approximate surface area is 219 Å². The van der Waals surface area contributed by atoms with Crippen LogP contribution in [0.4, 0.5) is 0 Å². The second-order valence-corrected chi connectivity index (χ2v) is 11.6. The van der Waals surface area contributed by atoms with Gasteiger partial charge in [0.15, 0.2) is 5.78 Å². The molecular formula is C29H39N3O5. The first-order valence-electron chi connectivity index (χ1n) is 14.2. The van der Waals surface area contributed by atoms with Crippen molar-refractivity contribution in [3.63, 3.8) is 0 Å². The Morgan fingerprint density at radius 1 is 1.03 bits per heavy atom. The number of amides is 2. The number of nitrogens with zero attached hydrogens (tertiary/aromatic N) is 2. The minimum atomic E-state index is -0.647. The van der Waals surface area contributed by atoms with Crippen LogP contribution >= 0.6 is 0 Å². The molecule has 37 heavy (non-hydrogen) atoms. The molecule has 8 heteroatoms. The largest absolute Gasteiger partial charge is 0.377 e. The van der Waals surface area contributed by atoms with Gasteiger partial charge in [-0.2, -0.15) is 0 Å². The number of carbonyl (C=O) groups is 3. The number of carbonyl (C=O) groups excluding carboxylic acids is 3. The summed E-state index contributed by atoms with van der Waals surface area (Å²) in [7, 11) is 1.58. The number of fused-ring (bicyclic) bond motifs is 1. The number of nitrogens with one attached hydrogen (secondary N) is 1. The molecule has 5 aliphatic rings. The van der Waals surface area contributed by atoms with Gasteiger partial charge in [-0.3, -0.25) is 14.4 Å². The van der Waals surface area contributed by atoms with Crippen LogP contribution in [0.5, 0.6) is 0 Å². The van der Waals surface area contributed by atoms with Gasteiger partial charge >= 0.3 is 0 Å². The highest BCUT2D eigenvalue weighted by atomic mass is 16.5. The van der Waals surface area contributed by atoms with Gasteiger partial charge in [0.2, 0.25) is 5.91 Å². The Balaban J connectivity index is 1.13. The number of Topliss-reactive ketones (excluding diaryl/α,β-unsaturated/α-hetero) is 1. The first-order chi connectivity index (χ1) is 18.0. The average molecular weight is 510 g/mol. The molecule has 200 valence electrons. The number of ether oxygens (including phenoxy) is 2. The topological polar surface area (TPSA) is 88.2 Å². The lowest BCUT2D eigenvalue weighted by Gasteiger charge is -2.32. The zero-order chi connectivity index (χ0) is 25.5. The minimum Gasteiger partial charge on any atom is -0.377 e. The summed E-state index contributed by atoms with van der Waals surface area (Å²) in [6, 6.07) is 7.52. The highest BCUT2D eigenvalue weighted by Gasteiger charge is 2.54. The lowest BCUT2D eigenvalue weighted by atomic mass is 9.89. The van der Waals surface area contributed by atoms with Gasteiger partial charge < -0.3 is 24.6 Å². The van der Waals surface area contributed by atoms with E-state index in [-0.39, 0.29) is 36.2 Å². The predicted molar refractivity (Wildman–Crippen MR) is 137 cm³/mol. The minimum absolute atomic E-state index is 0.00534. The molecule has 8 nitrogen and oxygen atoms in total. The van der Waals surface area contributed by atoms with E-state index in [1.165, 1.54) is 44.3 Å². The van der Waals surface area contributed by atoms with Gasteiger partial charge in [-0.15, -0.1) is 0 Å². The van der Waals surface area contributed by atoms with E-state index in [2.05, 4.69) is 22.3 Å². The molecule has 2 amide bonds. The van der Waals surface area contributed by atoms with Gasteiger partial charge in [0.1, 0.15) is 30.9 Å². The Kier molecular flexibility index (Phi) is 7.07. The normalized spacial score (nSPS) is 30.0. The molecule has 4 atom stereocenters. The van der Waals surface area contributed by atoms with Crippen LogP contribution in [0.2, 0.25) is 0 Å². The van der Waals surface area contributed by atoms with E-state index in [0.29, 0.717) is 18.0 Å². The third-order valence-corrected chi connectivity index (χ3v) is 9.38. The molecule has 1 N–H and O–H groups in total. The highest BCUT2D eigenvalue weighted by Crippen LogP contribution is 2.35. The highest BCUT2D eigenvalue weighted by molar-refractivity contribution is 5.99. The molecule has 1 aromatic carbocycles. The number of rotatable bonds is 7. The van der Waals surface area contributed by atoms with Crippen molar-refractivity contribution in [3.05, 3.63) is 35.4 Å². The van der Waals surface area contributed by atoms with Crippen LogP contribution in [0.1, 0.15) is 73.2 Å². The summed E-state index contributed by atoms with van der Waals surface area (Å²) in [6.45, 7) is 2.65. The SMILES string of the molecule is CO[C@H]1CN(C(=O)[C@@H](NC(=O)c2ccc(C3CCN(C4CC4)CC3)cc2)C2CCCC2)[C@@H]2C(=O)CO[C@H]12. The Bertz CT molecular complexity index is 1010. The lowest BCUT2D eigenvalue weighted by Crippen LogP contribution is -2.54.